The summed E-state index contributed by atoms with van der Waals surface area (Å²) in [4.78, 5) is 36.3. The molecule has 2 N–H and O–H groups in total. The number of amides is 3. The van der Waals surface area contributed by atoms with Gasteiger partial charge in [0.1, 0.15) is 0 Å². The average Bonchev–Trinajstić information content (AvgIpc) is 2.86. The molecule has 0 aliphatic carbocycles. The van der Waals surface area contributed by atoms with Gasteiger partial charge in [0.25, 0.3) is 17.7 Å². The van der Waals surface area contributed by atoms with Crippen molar-refractivity contribution in [1.29, 1.82) is 0 Å². The monoisotopic (exact) mass is 485 g/mol. The molecule has 0 atom stereocenters. The fourth-order valence-corrected chi connectivity index (χ4v) is 3.65. The van der Waals surface area contributed by atoms with E-state index in [0.717, 1.165) is 3.57 Å². The van der Waals surface area contributed by atoms with Crippen molar-refractivity contribution in [3.8, 4) is 0 Å². The highest BCUT2D eigenvalue weighted by Gasteiger charge is 2.36. The summed E-state index contributed by atoms with van der Waals surface area (Å²) in [7, 11) is -3.89. The quantitative estimate of drug-likeness (QED) is 0.483. The molecular formula is C16H12IN3O5S. The van der Waals surface area contributed by atoms with Crippen LogP contribution in [0.25, 0.3) is 0 Å². The molecule has 26 heavy (non-hydrogen) atoms. The van der Waals surface area contributed by atoms with Gasteiger partial charge in [-0.2, -0.15) is 5.01 Å². The molecule has 2 aromatic carbocycles. The third-order valence-electron chi connectivity index (χ3n) is 3.58. The Balaban J connectivity index is 1.64. The van der Waals surface area contributed by atoms with E-state index in [1.54, 1.807) is 24.3 Å². The minimum atomic E-state index is -3.89. The molecule has 0 fully saturated rings. The van der Waals surface area contributed by atoms with Crippen LogP contribution >= 0.6 is 22.6 Å². The number of hydrogen-bond acceptors (Lipinski definition) is 5. The van der Waals surface area contributed by atoms with E-state index < -0.39 is 34.3 Å². The molecule has 1 heterocycles. The molecule has 10 heteroatoms. The number of nitrogens with zero attached hydrogens (tertiary/aromatic N) is 1. The first-order valence-electron chi connectivity index (χ1n) is 7.32. The van der Waals surface area contributed by atoms with Crippen molar-refractivity contribution >= 4 is 50.3 Å². The van der Waals surface area contributed by atoms with Crippen LogP contribution in [0, 0.1) is 3.57 Å². The number of carbonyl (C=O) groups is 3. The first-order valence-corrected chi connectivity index (χ1v) is 9.88. The molecule has 3 amide bonds. The Morgan fingerprint density at radius 2 is 1.50 bits per heavy atom. The van der Waals surface area contributed by atoms with Gasteiger partial charge >= 0.3 is 0 Å². The molecule has 3 rings (SSSR count). The predicted octanol–water partition coefficient (Wildman–Crippen LogP) is 0.897. The normalized spacial score (nSPS) is 13.7. The highest BCUT2D eigenvalue weighted by atomic mass is 127. The lowest BCUT2D eigenvalue weighted by Gasteiger charge is -2.15. The van der Waals surface area contributed by atoms with Crippen molar-refractivity contribution in [2.45, 2.75) is 4.90 Å². The van der Waals surface area contributed by atoms with Crippen LogP contribution in [-0.4, -0.2) is 37.7 Å². The smallest absolute Gasteiger partial charge is 0.272 e. The number of nitrogens with one attached hydrogen (secondary N) is 2. The first-order chi connectivity index (χ1) is 12.3. The Labute approximate surface area is 162 Å². The van der Waals surface area contributed by atoms with Crippen LogP contribution in [0.4, 0.5) is 0 Å². The number of rotatable bonds is 5. The molecule has 0 unspecified atom stereocenters. The van der Waals surface area contributed by atoms with E-state index >= 15 is 0 Å². The third kappa shape index (κ3) is 3.61. The van der Waals surface area contributed by atoms with Crippen molar-refractivity contribution in [2.75, 3.05) is 6.54 Å². The summed E-state index contributed by atoms with van der Waals surface area (Å²) in [6, 6.07) is 12.2. The Morgan fingerprint density at radius 3 is 2.04 bits per heavy atom. The van der Waals surface area contributed by atoms with Crippen molar-refractivity contribution in [1.82, 2.24) is 15.2 Å². The second-order valence-corrected chi connectivity index (χ2v) is 8.32. The Morgan fingerprint density at radius 1 is 0.962 bits per heavy atom. The highest BCUT2D eigenvalue weighted by Crippen LogP contribution is 2.20. The molecule has 0 aromatic heterocycles. The lowest BCUT2D eigenvalue weighted by Crippen LogP contribution is -2.49. The minimum Gasteiger partial charge on any atom is -0.272 e. The van der Waals surface area contributed by atoms with Gasteiger partial charge in [-0.05, 0) is 59.0 Å². The van der Waals surface area contributed by atoms with E-state index in [9.17, 15) is 22.8 Å². The van der Waals surface area contributed by atoms with E-state index in [1.165, 1.54) is 24.3 Å². The summed E-state index contributed by atoms with van der Waals surface area (Å²) in [5.41, 5.74) is 2.48. The van der Waals surface area contributed by atoms with E-state index in [1.807, 2.05) is 22.6 Å². The van der Waals surface area contributed by atoms with Crippen LogP contribution in [0.1, 0.15) is 20.7 Å². The topological polar surface area (TPSA) is 113 Å². The fourth-order valence-electron chi connectivity index (χ4n) is 2.31. The summed E-state index contributed by atoms with van der Waals surface area (Å²) < 4.78 is 27.3. The van der Waals surface area contributed by atoms with Crippen LogP contribution in [-0.2, 0) is 14.8 Å². The van der Waals surface area contributed by atoms with E-state index in [4.69, 9.17) is 0 Å². The largest absolute Gasteiger partial charge is 0.280 e. The van der Waals surface area contributed by atoms with Gasteiger partial charge in [-0.25, -0.2) is 13.1 Å². The van der Waals surface area contributed by atoms with Crippen LogP contribution in [0.2, 0.25) is 0 Å². The molecule has 134 valence electrons. The maximum Gasteiger partial charge on any atom is 0.280 e. The highest BCUT2D eigenvalue weighted by molar-refractivity contribution is 14.1. The average molecular weight is 485 g/mol. The Kier molecular flexibility index (Phi) is 5.07. The molecule has 0 saturated heterocycles. The third-order valence-corrected chi connectivity index (χ3v) is 5.71. The van der Waals surface area contributed by atoms with Gasteiger partial charge < -0.3 is 0 Å². The molecule has 0 spiro atoms. The standard InChI is InChI=1S/C16H12IN3O5S/c17-10-5-7-11(8-6-10)26(24,25)18-9-14(21)19-20-15(22)12-3-1-2-4-13(12)16(20)23/h1-8,18H,9H2,(H,19,21). The lowest BCUT2D eigenvalue weighted by atomic mass is 10.1. The maximum absolute atomic E-state index is 12.2. The molecule has 0 bridgehead atoms. The summed E-state index contributed by atoms with van der Waals surface area (Å²) in [6.07, 6.45) is 0. The lowest BCUT2D eigenvalue weighted by molar-refractivity contribution is -0.123. The maximum atomic E-state index is 12.2. The summed E-state index contributed by atoms with van der Waals surface area (Å²) in [5, 5.41) is 0.576. The molecular weight excluding hydrogens is 473 g/mol. The predicted molar refractivity (Wildman–Crippen MR) is 99.4 cm³/mol. The zero-order chi connectivity index (χ0) is 18.9. The molecule has 1 aliphatic rings. The van der Waals surface area contributed by atoms with Crippen molar-refractivity contribution in [3.63, 3.8) is 0 Å². The molecule has 8 nitrogen and oxygen atoms in total. The second-order valence-electron chi connectivity index (χ2n) is 5.30. The molecule has 0 saturated carbocycles. The number of imide groups is 1. The van der Waals surface area contributed by atoms with Crippen molar-refractivity contribution in [3.05, 3.63) is 63.2 Å². The molecule has 2 aromatic rings. The van der Waals surface area contributed by atoms with E-state index in [-0.39, 0.29) is 16.0 Å². The van der Waals surface area contributed by atoms with Crippen LogP contribution in [0.5, 0.6) is 0 Å². The Bertz CT molecular complexity index is 970. The summed E-state index contributed by atoms with van der Waals surface area (Å²) >= 11 is 2.04. The second kappa shape index (κ2) is 7.13. The number of hydrogen-bond donors (Lipinski definition) is 2. The number of halogens is 1. The van der Waals surface area contributed by atoms with Gasteiger partial charge in [0, 0.05) is 3.57 Å². The fraction of sp³-hybridized carbons (Fsp3) is 0.0625. The van der Waals surface area contributed by atoms with Crippen molar-refractivity contribution in [2.24, 2.45) is 0 Å². The number of hydrazine groups is 1. The van der Waals surface area contributed by atoms with Gasteiger partial charge in [-0.15, -0.1) is 0 Å². The molecule has 0 radical (unpaired) electrons. The summed E-state index contributed by atoms with van der Waals surface area (Å²) in [5.74, 6) is -2.17. The zero-order valence-corrected chi connectivity index (χ0v) is 16.1. The Hall–Kier alpha value is -2.31. The van der Waals surface area contributed by atoms with Gasteiger partial charge in [0.15, 0.2) is 0 Å². The van der Waals surface area contributed by atoms with Gasteiger partial charge in [-0.3, -0.25) is 19.8 Å². The van der Waals surface area contributed by atoms with Crippen molar-refractivity contribution < 1.29 is 22.8 Å². The number of benzene rings is 2. The first kappa shape index (κ1) is 18.5. The minimum absolute atomic E-state index is 0.00597. The van der Waals surface area contributed by atoms with E-state index in [2.05, 4.69) is 10.1 Å². The van der Waals surface area contributed by atoms with Gasteiger partial charge in [-0.1, -0.05) is 12.1 Å². The zero-order valence-electron chi connectivity index (χ0n) is 13.1. The van der Waals surface area contributed by atoms with Crippen LogP contribution < -0.4 is 10.1 Å². The number of sulfonamides is 1. The van der Waals surface area contributed by atoms with Gasteiger partial charge in [0.05, 0.1) is 22.6 Å². The number of carbonyl (C=O) groups excluding carboxylic acids is 3. The van der Waals surface area contributed by atoms with Crippen LogP contribution in [0.15, 0.2) is 53.4 Å². The van der Waals surface area contributed by atoms with Gasteiger partial charge in [0.2, 0.25) is 10.0 Å². The van der Waals surface area contributed by atoms with E-state index in [0.29, 0.717) is 5.01 Å². The van der Waals surface area contributed by atoms with Crippen LogP contribution in [0.3, 0.4) is 0 Å². The SMILES string of the molecule is O=C(CNS(=O)(=O)c1ccc(I)cc1)NN1C(=O)c2ccccc2C1=O. The number of fused-ring (bicyclic) bond motifs is 1. The summed E-state index contributed by atoms with van der Waals surface area (Å²) in [6.45, 7) is -0.623. The molecule has 1 aliphatic heterocycles.